The van der Waals surface area contributed by atoms with Crippen molar-refractivity contribution in [1.82, 2.24) is 4.98 Å². The number of nitrogens with zero attached hydrogens (tertiary/aromatic N) is 1. The molecule has 0 amide bonds. The van der Waals surface area contributed by atoms with Crippen molar-refractivity contribution in [2.75, 3.05) is 0 Å². The van der Waals surface area contributed by atoms with Crippen LogP contribution in [0.3, 0.4) is 0 Å². The van der Waals surface area contributed by atoms with Gasteiger partial charge in [-0.05, 0) is 19.9 Å². The molecule has 0 fully saturated rings. The van der Waals surface area contributed by atoms with Crippen molar-refractivity contribution in [3.63, 3.8) is 0 Å². The van der Waals surface area contributed by atoms with Gasteiger partial charge in [-0.25, -0.2) is 4.98 Å². The highest BCUT2D eigenvalue weighted by Gasteiger charge is 2.34. The number of alkyl halides is 3. The fourth-order valence-corrected chi connectivity index (χ4v) is 2.50. The monoisotopic (exact) mass is 286 g/mol. The van der Waals surface area contributed by atoms with Crippen LogP contribution in [0.25, 0.3) is 11.3 Å². The van der Waals surface area contributed by atoms with Crippen molar-refractivity contribution in [2.24, 2.45) is 5.73 Å². The Kier molecular flexibility index (Phi) is 3.40. The second kappa shape index (κ2) is 4.61. The van der Waals surface area contributed by atoms with E-state index in [0.29, 0.717) is 10.7 Å². The molecule has 0 aliphatic rings. The highest BCUT2D eigenvalue weighted by molar-refractivity contribution is 7.10. The van der Waals surface area contributed by atoms with E-state index < -0.39 is 17.3 Å². The van der Waals surface area contributed by atoms with E-state index in [-0.39, 0.29) is 5.56 Å². The number of benzene rings is 1. The summed E-state index contributed by atoms with van der Waals surface area (Å²) in [6.45, 7) is 3.54. The predicted octanol–water partition coefficient (Wildman–Crippen LogP) is 4.02. The van der Waals surface area contributed by atoms with E-state index >= 15 is 0 Å². The topological polar surface area (TPSA) is 38.9 Å². The molecule has 0 bridgehead atoms. The minimum Gasteiger partial charge on any atom is -0.320 e. The molecule has 0 radical (unpaired) electrons. The quantitative estimate of drug-likeness (QED) is 0.905. The molecule has 0 spiro atoms. The van der Waals surface area contributed by atoms with Gasteiger partial charge >= 0.3 is 6.18 Å². The van der Waals surface area contributed by atoms with Gasteiger partial charge < -0.3 is 5.73 Å². The molecule has 1 aromatic heterocycles. The van der Waals surface area contributed by atoms with Crippen LogP contribution in [0, 0.1) is 0 Å². The molecule has 1 aromatic carbocycles. The van der Waals surface area contributed by atoms with E-state index in [0.717, 1.165) is 6.07 Å². The number of thiazole rings is 1. The van der Waals surface area contributed by atoms with Crippen LogP contribution < -0.4 is 5.73 Å². The van der Waals surface area contributed by atoms with Gasteiger partial charge in [0.05, 0.1) is 16.8 Å². The van der Waals surface area contributed by atoms with Crippen molar-refractivity contribution in [2.45, 2.75) is 25.6 Å². The Balaban J connectivity index is 2.52. The third-order valence-corrected chi connectivity index (χ3v) is 3.75. The first-order valence-corrected chi connectivity index (χ1v) is 6.49. The van der Waals surface area contributed by atoms with E-state index in [4.69, 9.17) is 5.73 Å². The average molecular weight is 286 g/mol. The van der Waals surface area contributed by atoms with Gasteiger partial charge in [-0.2, -0.15) is 13.2 Å². The molecule has 19 heavy (non-hydrogen) atoms. The lowest BCUT2D eigenvalue weighted by molar-refractivity contribution is -0.137. The molecular weight excluding hydrogens is 273 g/mol. The molecule has 2 rings (SSSR count). The standard InChI is InChI=1S/C13H13F3N2S/c1-12(2,17)11-18-10(7-19-11)8-5-3-4-6-9(8)13(14,15)16/h3-7H,17H2,1-2H3. The highest BCUT2D eigenvalue weighted by Crippen LogP contribution is 2.37. The van der Waals surface area contributed by atoms with Crippen molar-refractivity contribution in [3.8, 4) is 11.3 Å². The number of rotatable bonds is 2. The normalized spacial score (nSPS) is 12.7. The predicted molar refractivity (Wildman–Crippen MR) is 69.8 cm³/mol. The van der Waals surface area contributed by atoms with Gasteiger partial charge in [0.15, 0.2) is 0 Å². The SMILES string of the molecule is CC(C)(N)c1nc(-c2ccccc2C(F)(F)F)cs1. The van der Waals surface area contributed by atoms with Crippen molar-refractivity contribution in [3.05, 3.63) is 40.2 Å². The minimum absolute atomic E-state index is 0.0850. The van der Waals surface area contributed by atoms with Gasteiger partial charge in [0.25, 0.3) is 0 Å². The maximum Gasteiger partial charge on any atom is 0.417 e. The molecule has 2 nitrogen and oxygen atoms in total. The Morgan fingerprint density at radius 3 is 2.32 bits per heavy atom. The fraction of sp³-hybridized carbons (Fsp3) is 0.308. The van der Waals surface area contributed by atoms with Crippen molar-refractivity contribution >= 4 is 11.3 Å². The van der Waals surface area contributed by atoms with Gasteiger partial charge in [-0.15, -0.1) is 11.3 Å². The average Bonchev–Trinajstić information content (AvgIpc) is 2.76. The van der Waals surface area contributed by atoms with Gasteiger partial charge in [0.2, 0.25) is 0 Å². The molecule has 6 heteroatoms. The third kappa shape index (κ3) is 2.96. The molecule has 0 saturated heterocycles. The van der Waals surface area contributed by atoms with Crippen LogP contribution in [-0.4, -0.2) is 4.98 Å². The van der Waals surface area contributed by atoms with Crippen molar-refractivity contribution < 1.29 is 13.2 Å². The van der Waals surface area contributed by atoms with Crippen LogP contribution in [0.2, 0.25) is 0 Å². The zero-order valence-corrected chi connectivity index (χ0v) is 11.3. The molecule has 0 aliphatic carbocycles. The second-order valence-corrected chi connectivity index (χ2v) is 5.66. The maximum absolute atomic E-state index is 12.9. The van der Waals surface area contributed by atoms with Gasteiger partial charge in [-0.1, -0.05) is 18.2 Å². The molecule has 0 aliphatic heterocycles. The smallest absolute Gasteiger partial charge is 0.320 e. The van der Waals surface area contributed by atoms with Crippen LogP contribution in [-0.2, 0) is 11.7 Å². The molecule has 102 valence electrons. The van der Waals surface area contributed by atoms with E-state index in [1.807, 2.05) is 0 Å². The Morgan fingerprint density at radius 1 is 1.16 bits per heavy atom. The van der Waals surface area contributed by atoms with Crippen LogP contribution in [0.4, 0.5) is 13.2 Å². The van der Waals surface area contributed by atoms with Crippen molar-refractivity contribution in [1.29, 1.82) is 0 Å². The Morgan fingerprint density at radius 2 is 1.79 bits per heavy atom. The molecule has 2 aromatic rings. The van der Waals surface area contributed by atoms with Gasteiger partial charge in [0.1, 0.15) is 5.01 Å². The van der Waals surface area contributed by atoms with Gasteiger partial charge in [-0.3, -0.25) is 0 Å². The fourth-order valence-electron chi connectivity index (χ4n) is 1.65. The first-order valence-electron chi connectivity index (χ1n) is 5.61. The van der Waals surface area contributed by atoms with E-state index in [1.54, 1.807) is 25.3 Å². The maximum atomic E-state index is 12.9. The molecule has 2 N–H and O–H groups in total. The van der Waals surface area contributed by atoms with Crippen LogP contribution >= 0.6 is 11.3 Å². The summed E-state index contributed by atoms with van der Waals surface area (Å²) in [5.74, 6) is 0. The number of halogens is 3. The van der Waals surface area contributed by atoms with E-state index in [2.05, 4.69) is 4.98 Å². The lowest BCUT2D eigenvalue weighted by atomic mass is 10.0. The number of hydrogen-bond acceptors (Lipinski definition) is 3. The zero-order chi connectivity index (χ0) is 14.3. The van der Waals surface area contributed by atoms with Crippen LogP contribution in [0.15, 0.2) is 29.6 Å². The summed E-state index contributed by atoms with van der Waals surface area (Å²) in [4.78, 5) is 4.22. The second-order valence-electron chi connectivity index (χ2n) is 4.80. The summed E-state index contributed by atoms with van der Waals surface area (Å²) in [7, 11) is 0. The summed E-state index contributed by atoms with van der Waals surface area (Å²) < 4.78 is 38.8. The number of aromatic nitrogens is 1. The minimum atomic E-state index is -4.39. The highest BCUT2D eigenvalue weighted by atomic mass is 32.1. The Hall–Kier alpha value is -1.40. The zero-order valence-electron chi connectivity index (χ0n) is 10.5. The summed E-state index contributed by atoms with van der Waals surface area (Å²) >= 11 is 1.27. The summed E-state index contributed by atoms with van der Waals surface area (Å²) in [5, 5.41) is 2.22. The van der Waals surface area contributed by atoms with E-state index in [1.165, 1.54) is 23.5 Å². The summed E-state index contributed by atoms with van der Waals surface area (Å²) in [6.07, 6.45) is -4.39. The van der Waals surface area contributed by atoms with Crippen LogP contribution in [0.5, 0.6) is 0 Å². The molecular formula is C13H13F3N2S. The lowest BCUT2D eigenvalue weighted by Gasteiger charge is -2.14. The molecule has 1 heterocycles. The Bertz CT molecular complexity index is 582. The first-order chi connectivity index (χ1) is 8.69. The molecule has 0 atom stereocenters. The third-order valence-electron chi connectivity index (χ3n) is 2.56. The van der Waals surface area contributed by atoms with Crippen LogP contribution in [0.1, 0.15) is 24.4 Å². The number of nitrogens with two attached hydrogens (primary N) is 1. The Labute approximate surface area is 113 Å². The molecule has 0 saturated carbocycles. The summed E-state index contributed by atoms with van der Waals surface area (Å²) in [6, 6.07) is 5.41. The van der Waals surface area contributed by atoms with Gasteiger partial charge in [0, 0.05) is 10.9 Å². The lowest BCUT2D eigenvalue weighted by Crippen LogP contribution is -2.28. The molecule has 0 unspecified atom stereocenters. The van der Waals surface area contributed by atoms with E-state index in [9.17, 15) is 13.2 Å². The largest absolute Gasteiger partial charge is 0.417 e. The summed E-state index contributed by atoms with van der Waals surface area (Å²) in [5.41, 5.74) is 4.96. The first kappa shape index (κ1) is 14.0. The number of hydrogen-bond donors (Lipinski definition) is 1.